The Bertz CT molecular complexity index is 629. The summed E-state index contributed by atoms with van der Waals surface area (Å²) in [6.07, 6.45) is 1.66. The summed E-state index contributed by atoms with van der Waals surface area (Å²) in [5.74, 6) is -0.187. The zero-order chi connectivity index (χ0) is 13.8. The van der Waals surface area contributed by atoms with Gasteiger partial charge in [0.15, 0.2) is 0 Å². The second-order valence-corrected chi connectivity index (χ2v) is 5.77. The minimum absolute atomic E-state index is 0.187. The Morgan fingerprint density at radius 1 is 1.16 bits per heavy atom. The summed E-state index contributed by atoms with van der Waals surface area (Å²) in [5.41, 5.74) is 5.45. The molecule has 3 nitrogen and oxygen atoms in total. The van der Waals surface area contributed by atoms with Crippen molar-refractivity contribution in [3.05, 3.63) is 56.8 Å². The molecule has 1 amide bonds. The quantitative estimate of drug-likeness (QED) is 0.675. The van der Waals surface area contributed by atoms with E-state index in [1.165, 1.54) is 10.4 Å². The fraction of sp³-hybridized carbons (Fsp3) is 0.200. The average molecular weight is 272 g/mol. The highest BCUT2D eigenvalue weighted by atomic mass is 32.1. The largest absolute Gasteiger partial charge is 0.271 e. The van der Waals surface area contributed by atoms with Crippen LogP contribution in [0.25, 0.3) is 0 Å². The highest BCUT2D eigenvalue weighted by Gasteiger charge is 2.05. The molecule has 1 aromatic heterocycles. The standard InChI is InChI=1S/C15H16N2OS/c1-10-4-6-13(8-11(10)2)15(18)17-16-9-14-7-5-12(3)19-14/h4-9H,1-3H3,(H,17,18). The van der Waals surface area contributed by atoms with Gasteiger partial charge in [-0.1, -0.05) is 6.07 Å². The summed E-state index contributed by atoms with van der Waals surface area (Å²) in [5, 5.41) is 3.97. The number of carbonyl (C=O) groups excluding carboxylic acids is 1. The van der Waals surface area contributed by atoms with E-state index in [9.17, 15) is 4.79 Å². The molecular weight excluding hydrogens is 256 g/mol. The molecule has 0 fully saturated rings. The Kier molecular flexibility index (Phi) is 4.12. The van der Waals surface area contributed by atoms with Gasteiger partial charge in [0, 0.05) is 15.3 Å². The number of amides is 1. The van der Waals surface area contributed by atoms with Crippen LogP contribution in [0, 0.1) is 20.8 Å². The summed E-state index contributed by atoms with van der Waals surface area (Å²) in [6.45, 7) is 6.05. The van der Waals surface area contributed by atoms with Crippen molar-refractivity contribution in [2.45, 2.75) is 20.8 Å². The van der Waals surface area contributed by atoms with Crippen molar-refractivity contribution in [2.75, 3.05) is 0 Å². The number of thiophene rings is 1. The fourth-order valence-corrected chi connectivity index (χ4v) is 2.37. The van der Waals surface area contributed by atoms with Crippen LogP contribution in [0.15, 0.2) is 35.4 Å². The molecule has 0 aliphatic carbocycles. The summed E-state index contributed by atoms with van der Waals surface area (Å²) in [4.78, 5) is 14.1. The SMILES string of the molecule is Cc1ccc(C=NNC(=O)c2ccc(C)c(C)c2)s1. The predicted octanol–water partition coefficient (Wildman–Crippen LogP) is 3.44. The van der Waals surface area contributed by atoms with Crippen molar-refractivity contribution < 1.29 is 4.79 Å². The minimum atomic E-state index is -0.187. The molecule has 0 saturated heterocycles. The van der Waals surface area contributed by atoms with Crippen LogP contribution in [0.2, 0.25) is 0 Å². The Hall–Kier alpha value is -1.94. The molecule has 2 aromatic rings. The molecule has 0 unspecified atom stereocenters. The van der Waals surface area contributed by atoms with E-state index in [1.54, 1.807) is 17.6 Å². The van der Waals surface area contributed by atoms with Crippen LogP contribution in [-0.4, -0.2) is 12.1 Å². The van der Waals surface area contributed by atoms with Crippen LogP contribution < -0.4 is 5.43 Å². The molecular formula is C15H16N2OS. The van der Waals surface area contributed by atoms with Crippen molar-refractivity contribution in [3.8, 4) is 0 Å². The Labute approximate surface area is 117 Å². The molecule has 1 heterocycles. The van der Waals surface area contributed by atoms with E-state index in [2.05, 4.69) is 10.5 Å². The first-order valence-electron chi connectivity index (χ1n) is 6.03. The van der Waals surface area contributed by atoms with E-state index in [-0.39, 0.29) is 5.91 Å². The van der Waals surface area contributed by atoms with Gasteiger partial charge in [-0.05, 0) is 56.2 Å². The molecule has 98 valence electrons. The molecule has 2 rings (SSSR count). The predicted molar refractivity (Wildman–Crippen MR) is 80.0 cm³/mol. The van der Waals surface area contributed by atoms with Gasteiger partial charge in [0.05, 0.1) is 6.21 Å². The molecule has 0 aliphatic heterocycles. The topological polar surface area (TPSA) is 41.5 Å². The van der Waals surface area contributed by atoms with E-state index in [1.807, 2.05) is 51.1 Å². The number of hydrogen-bond acceptors (Lipinski definition) is 3. The maximum atomic E-state index is 11.9. The van der Waals surface area contributed by atoms with Gasteiger partial charge in [-0.15, -0.1) is 11.3 Å². The number of hydrazone groups is 1. The van der Waals surface area contributed by atoms with Crippen LogP contribution in [-0.2, 0) is 0 Å². The van der Waals surface area contributed by atoms with Gasteiger partial charge in [-0.3, -0.25) is 4.79 Å². The van der Waals surface area contributed by atoms with Crippen molar-refractivity contribution in [2.24, 2.45) is 5.10 Å². The summed E-state index contributed by atoms with van der Waals surface area (Å²) in [6, 6.07) is 9.62. The molecule has 0 spiro atoms. The highest BCUT2D eigenvalue weighted by Crippen LogP contribution is 2.12. The summed E-state index contributed by atoms with van der Waals surface area (Å²) in [7, 11) is 0. The number of hydrogen-bond donors (Lipinski definition) is 1. The van der Waals surface area contributed by atoms with Gasteiger partial charge < -0.3 is 0 Å². The molecule has 0 atom stereocenters. The number of rotatable bonds is 3. The lowest BCUT2D eigenvalue weighted by molar-refractivity contribution is 0.0955. The van der Waals surface area contributed by atoms with Gasteiger partial charge in [0.1, 0.15) is 0 Å². The maximum Gasteiger partial charge on any atom is 0.271 e. The second kappa shape index (κ2) is 5.80. The first-order chi connectivity index (χ1) is 9.06. The number of nitrogens with one attached hydrogen (secondary N) is 1. The van der Waals surface area contributed by atoms with E-state index < -0.39 is 0 Å². The van der Waals surface area contributed by atoms with Gasteiger partial charge in [0.25, 0.3) is 5.91 Å². The van der Waals surface area contributed by atoms with Gasteiger partial charge in [-0.25, -0.2) is 5.43 Å². The van der Waals surface area contributed by atoms with Crippen molar-refractivity contribution in [1.29, 1.82) is 0 Å². The van der Waals surface area contributed by atoms with Crippen LogP contribution in [0.3, 0.4) is 0 Å². The van der Waals surface area contributed by atoms with Gasteiger partial charge in [0.2, 0.25) is 0 Å². The van der Waals surface area contributed by atoms with E-state index in [4.69, 9.17) is 0 Å². The highest BCUT2D eigenvalue weighted by molar-refractivity contribution is 7.13. The first-order valence-corrected chi connectivity index (χ1v) is 6.85. The first kappa shape index (κ1) is 13.5. The monoisotopic (exact) mass is 272 g/mol. The molecule has 0 aliphatic rings. The van der Waals surface area contributed by atoms with E-state index in [0.29, 0.717) is 5.56 Å². The molecule has 1 N–H and O–H groups in total. The lowest BCUT2D eigenvalue weighted by Gasteiger charge is -2.03. The van der Waals surface area contributed by atoms with E-state index in [0.717, 1.165) is 10.4 Å². The number of nitrogens with zero attached hydrogens (tertiary/aromatic N) is 1. The van der Waals surface area contributed by atoms with Crippen LogP contribution in [0.5, 0.6) is 0 Å². The minimum Gasteiger partial charge on any atom is -0.267 e. The molecule has 4 heteroatoms. The number of carbonyl (C=O) groups is 1. The molecule has 0 bridgehead atoms. The summed E-state index contributed by atoms with van der Waals surface area (Å²) >= 11 is 1.64. The third-order valence-corrected chi connectivity index (χ3v) is 3.82. The average Bonchev–Trinajstić information content (AvgIpc) is 2.78. The van der Waals surface area contributed by atoms with Gasteiger partial charge >= 0.3 is 0 Å². The normalized spacial score (nSPS) is 10.9. The third-order valence-electron chi connectivity index (χ3n) is 2.89. The Balaban J connectivity index is 2.01. The van der Waals surface area contributed by atoms with Crippen LogP contribution >= 0.6 is 11.3 Å². The molecule has 0 saturated carbocycles. The second-order valence-electron chi connectivity index (χ2n) is 4.45. The van der Waals surface area contributed by atoms with Crippen LogP contribution in [0.4, 0.5) is 0 Å². The number of aryl methyl sites for hydroxylation is 3. The lowest BCUT2D eigenvalue weighted by Crippen LogP contribution is -2.17. The van der Waals surface area contributed by atoms with Crippen molar-refractivity contribution in [1.82, 2.24) is 5.43 Å². The molecule has 0 radical (unpaired) electrons. The number of benzene rings is 1. The van der Waals surface area contributed by atoms with E-state index >= 15 is 0 Å². The van der Waals surface area contributed by atoms with Gasteiger partial charge in [-0.2, -0.15) is 5.10 Å². The van der Waals surface area contributed by atoms with Crippen molar-refractivity contribution in [3.63, 3.8) is 0 Å². The summed E-state index contributed by atoms with van der Waals surface area (Å²) < 4.78 is 0. The Morgan fingerprint density at radius 2 is 1.95 bits per heavy atom. The zero-order valence-electron chi connectivity index (χ0n) is 11.2. The fourth-order valence-electron chi connectivity index (χ4n) is 1.62. The Morgan fingerprint density at radius 3 is 2.58 bits per heavy atom. The zero-order valence-corrected chi connectivity index (χ0v) is 12.0. The van der Waals surface area contributed by atoms with Crippen LogP contribution in [0.1, 0.15) is 31.2 Å². The lowest BCUT2D eigenvalue weighted by atomic mass is 10.1. The maximum absolute atomic E-state index is 11.9. The molecule has 1 aromatic carbocycles. The third kappa shape index (κ3) is 3.51. The smallest absolute Gasteiger partial charge is 0.267 e. The molecule has 19 heavy (non-hydrogen) atoms. The van der Waals surface area contributed by atoms with Crippen molar-refractivity contribution >= 4 is 23.5 Å².